The van der Waals surface area contributed by atoms with Gasteiger partial charge >= 0.3 is 10.9 Å². The SMILES string of the molecule is CCCCC[CH2][Al]([I])[CH2]CCCCC. The quantitative estimate of drug-likeness (QED) is 0.280. The predicted molar refractivity (Wildman–Crippen MR) is 77.7 cm³/mol. The second-order valence-corrected chi connectivity index (χ2v) is 11.9. The maximum Gasteiger partial charge on any atom is 0.360 e. The monoisotopic (exact) mass is 324 g/mol. The van der Waals surface area contributed by atoms with Crippen molar-refractivity contribution >= 4 is 31.1 Å². The largest absolute Gasteiger partial charge is 0.360 e. The van der Waals surface area contributed by atoms with Crippen LogP contribution in [0.3, 0.4) is 0 Å². The first-order chi connectivity index (χ1) is 6.81. The zero-order valence-corrected chi connectivity index (χ0v) is 13.3. The Morgan fingerprint density at radius 1 is 0.714 bits per heavy atom. The first-order valence-corrected chi connectivity index (χ1v) is 12.3. The van der Waals surface area contributed by atoms with Gasteiger partial charge in [-0.25, -0.2) is 20.3 Å². The van der Waals surface area contributed by atoms with E-state index in [9.17, 15) is 0 Å². The van der Waals surface area contributed by atoms with Crippen LogP contribution in [0.25, 0.3) is 0 Å². The molecule has 0 aromatic carbocycles. The Balaban J connectivity index is 3.07. The Kier molecular flexibility index (Phi) is 13.4. The molecule has 0 radical (unpaired) electrons. The Morgan fingerprint density at radius 2 is 1.14 bits per heavy atom. The van der Waals surface area contributed by atoms with Gasteiger partial charge in [0.25, 0.3) is 0 Å². The molecule has 0 amide bonds. The molecule has 0 aromatic heterocycles. The van der Waals surface area contributed by atoms with Crippen molar-refractivity contribution in [2.24, 2.45) is 0 Å². The minimum absolute atomic E-state index is 0.317. The van der Waals surface area contributed by atoms with Crippen molar-refractivity contribution in [1.29, 1.82) is 0 Å². The summed E-state index contributed by atoms with van der Waals surface area (Å²) in [6.07, 6.45) is 11.7. The normalized spacial score (nSPS) is 10.5. The van der Waals surface area contributed by atoms with Crippen LogP contribution in [0.1, 0.15) is 65.2 Å². The first kappa shape index (κ1) is 15.3. The molecule has 0 nitrogen and oxygen atoms in total. The highest BCUT2D eigenvalue weighted by Gasteiger charge is 2.11. The minimum Gasteiger partial charge on any atom is -0.209 e. The molecule has 0 aliphatic rings. The molecule has 0 rings (SSSR count). The van der Waals surface area contributed by atoms with Crippen LogP contribution >= 0.6 is 20.3 Å². The third kappa shape index (κ3) is 11.3. The maximum absolute atomic E-state index is 2.78. The molecule has 0 bridgehead atoms. The molecule has 2 heteroatoms. The number of rotatable bonds is 10. The topological polar surface area (TPSA) is 0 Å². The van der Waals surface area contributed by atoms with Crippen LogP contribution in [0.2, 0.25) is 10.6 Å². The standard InChI is InChI=1S/2C6H13.Al.HI/c2*1-3-5-6-4-2;;/h2*1,3-6H2,2H3;;1H/q;;+1;/p-1. The van der Waals surface area contributed by atoms with E-state index in [1.807, 2.05) is 0 Å². The van der Waals surface area contributed by atoms with E-state index < -0.39 is 0 Å². The van der Waals surface area contributed by atoms with Gasteiger partial charge in [-0.1, -0.05) is 75.8 Å². The molecule has 0 aromatic rings. The predicted octanol–water partition coefficient (Wildman–Crippen LogP) is 5.57. The fourth-order valence-corrected chi connectivity index (χ4v) is 6.12. The molecule has 0 aliphatic carbocycles. The van der Waals surface area contributed by atoms with Crippen LogP contribution in [0.4, 0.5) is 0 Å². The van der Waals surface area contributed by atoms with Gasteiger partial charge in [-0.2, -0.15) is 0 Å². The van der Waals surface area contributed by atoms with Gasteiger partial charge in [-0.3, -0.25) is 0 Å². The molecule has 0 unspecified atom stereocenters. The van der Waals surface area contributed by atoms with Crippen molar-refractivity contribution in [3.63, 3.8) is 0 Å². The molecule has 0 atom stereocenters. The van der Waals surface area contributed by atoms with Gasteiger partial charge in [-0.15, -0.1) is 0 Å². The van der Waals surface area contributed by atoms with Gasteiger partial charge in [0, 0.05) is 0 Å². The molecular weight excluding hydrogens is 298 g/mol. The summed E-state index contributed by atoms with van der Waals surface area (Å²) in [5.74, 6) is 0. The zero-order valence-electron chi connectivity index (χ0n) is 10.0. The van der Waals surface area contributed by atoms with Crippen LogP contribution in [-0.4, -0.2) is 10.9 Å². The second kappa shape index (κ2) is 12.3. The Labute approximate surface area is 106 Å². The molecule has 0 heterocycles. The lowest BCUT2D eigenvalue weighted by Crippen LogP contribution is -2.01. The molecular formula is C12H26AlI. The zero-order chi connectivity index (χ0) is 10.6. The number of hydrogen-bond donors (Lipinski definition) is 0. The summed E-state index contributed by atoms with van der Waals surface area (Å²) in [6, 6.07) is 0. The van der Waals surface area contributed by atoms with Crippen LogP contribution < -0.4 is 0 Å². The van der Waals surface area contributed by atoms with Gasteiger partial charge in [-0.05, 0) is 0 Å². The summed E-state index contributed by atoms with van der Waals surface area (Å²) in [4.78, 5) is 0. The summed E-state index contributed by atoms with van der Waals surface area (Å²) in [5.41, 5.74) is 0. The molecule has 0 aliphatic heterocycles. The van der Waals surface area contributed by atoms with Crippen molar-refractivity contribution < 1.29 is 0 Å². The number of unbranched alkanes of at least 4 members (excludes halogenated alkanes) is 6. The molecule has 0 saturated heterocycles. The molecule has 14 heavy (non-hydrogen) atoms. The average molecular weight is 324 g/mol. The fraction of sp³-hybridized carbons (Fsp3) is 1.00. The highest BCUT2D eigenvalue weighted by Crippen LogP contribution is 2.17. The molecule has 0 saturated carbocycles. The summed E-state index contributed by atoms with van der Waals surface area (Å²) in [6.45, 7) is 4.59. The lowest BCUT2D eigenvalue weighted by atomic mass is 10.2. The van der Waals surface area contributed by atoms with Crippen LogP contribution in [-0.2, 0) is 0 Å². The summed E-state index contributed by atoms with van der Waals surface area (Å²) >= 11 is 2.78. The van der Waals surface area contributed by atoms with Crippen molar-refractivity contribution in [3.8, 4) is 0 Å². The van der Waals surface area contributed by atoms with E-state index in [0.717, 1.165) is 0 Å². The van der Waals surface area contributed by atoms with Crippen molar-refractivity contribution in [1.82, 2.24) is 0 Å². The first-order valence-electron chi connectivity index (χ1n) is 6.45. The van der Waals surface area contributed by atoms with Gasteiger partial charge in [0.1, 0.15) is 0 Å². The fourth-order valence-electron chi connectivity index (χ4n) is 1.73. The summed E-state index contributed by atoms with van der Waals surface area (Å²) in [5, 5.41) is 3.18. The Morgan fingerprint density at radius 3 is 1.50 bits per heavy atom. The maximum atomic E-state index is 2.78. The van der Waals surface area contributed by atoms with Crippen LogP contribution in [0.15, 0.2) is 0 Å². The van der Waals surface area contributed by atoms with E-state index >= 15 is 0 Å². The van der Waals surface area contributed by atoms with E-state index in [-0.39, 0.29) is 10.9 Å². The summed E-state index contributed by atoms with van der Waals surface area (Å²) < 4.78 is 0. The average Bonchev–Trinajstić information content (AvgIpc) is 2.19. The summed E-state index contributed by atoms with van der Waals surface area (Å²) in [7, 11) is -0.317. The Bertz CT molecular complexity index is 94.5. The smallest absolute Gasteiger partial charge is 0.209 e. The van der Waals surface area contributed by atoms with E-state index in [0.29, 0.717) is 0 Å². The molecule has 0 fully saturated rings. The highest BCUT2D eigenvalue weighted by molar-refractivity contribution is 14.1. The van der Waals surface area contributed by atoms with E-state index in [4.69, 9.17) is 0 Å². The highest BCUT2D eigenvalue weighted by atomic mass is 127. The van der Waals surface area contributed by atoms with Crippen molar-refractivity contribution in [2.45, 2.75) is 75.8 Å². The molecule has 0 N–H and O–H groups in total. The van der Waals surface area contributed by atoms with Crippen LogP contribution in [0.5, 0.6) is 0 Å². The third-order valence-electron chi connectivity index (χ3n) is 2.74. The van der Waals surface area contributed by atoms with Crippen molar-refractivity contribution in [2.75, 3.05) is 0 Å². The van der Waals surface area contributed by atoms with E-state index in [1.165, 1.54) is 51.4 Å². The van der Waals surface area contributed by atoms with Gasteiger partial charge in [0.2, 0.25) is 0 Å². The molecule has 84 valence electrons. The minimum atomic E-state index is -0.317. The Hall–Kier alpha value is 1.26. The number of halogens is 1. The van der Waals surface area contributed by atoms with Gasteiger partial charge in [0.15, 0.2) is 0 Å². The van der Waals surface area contributed by atoms with Gasteiger partial charge in [0.05, 0.1) is 0 Å². The van der Waals surface area contributed by atoms with Gasteiger partial charge < -0.3 is 0 Å². The molecule has 0 spiro atoms. The third-order valence-corrected chi connectivity index (χ3v) is 8.55. The second-order valence-electron chi connectivity index (χ2n) is 4.30. The van der Waals surface area contributed by atoms with Crippen LogP contribution in [0, 0.1) is 0 Å². The lowest BCUT2D eigenvalue weighted by molar-refractivity contribution is 0.689. The van der Waals surface area contributed by atoms with Crippen molar-refractivity contribution in [3.05, 3.63) is 0 Å². The van der Waals surface area contributed by atoms with E-state index in [1.54, 1.807) is 10.6 Å². The lowest BCUT2D eigenvalue weighted by Gasteiger charge is -2.04. The van der Waals surface area contributed by atoms with E-state index in [2.05, 4.69) is 34.1 Å². The number of hydrogen-bond acceptors (Lipinski definition) is 0.